The Morgan fingerprint density at radius 1 is 1.19 bits per heavy atom. The monoisotopic (exact) mass is 286 g/mol. The van der Waals surface area contributed by atoms with Gasteiger partial charge in [-0.1, -0.05) is 36.9 Å². The van der Waals surface area contributed by atoms with Gasteiger partial charge in [0.15, 0.2) is 0 Å². The Kier molecular flexibility index (Phi) is 4.23. The summed E-state index contributed by atoms with van der Waals surface area (Å²) in [5.41, 5.74) is 0.592. The molecule has 0 aliphatic heterocycles. The van der Waals surface area contributed by atoms with Crippen LogP contribution in [0, 0.1) is 0 Å². The molecule has 0 radical (unpaired) electrons. The van der Waals surface area contributed by atoms with Crippen LogP contribution in [0.15, 0.2) is 28.9 Å². The van der Waals surface area contributed by atoms with Gasteiger partial charge in [-0.3, -0.25) is 9.78 Å². The van der Waals surface area contributed by atoms with Crippen molar-refractivity contribution in [1.29, 1.82) is 0 Å². The third-order valence-corrected chi connectivity index (χ3v) is 3.70. The lowest BCUT2D eigenvalue weighted by Crippen LogP contribution is -2.34. The topological polar surface area (TPSA) is 80.9 Å². The number of amides is 1. The van der Waals surface area contributed by atoms with Crippen LogP contribution in [0.3, 0.4) is 0 Å². The van der Waals surface area contributed by atoms with E-state index in [0.717, 1.165) is 25.7 Å². The Morgan fingerprint density at radius 3 is 2.71 bits per heavy atom. The lowest BCUT2D eigenvalue weighted by molar-refractivity contribution is 0.0889. The molecule has 2 aromatic heterocycles. The minimum atomic E-state index is -0.295. The predicted molar refractivity (Wildman–Crippen MR) is 76.5 cm³/mol. The maximum Gasteiger partial charge on any atom is 0.316 e. The van der Waals surface area contributed by atoms with Crippen molar-refractivity contribution in [2.75, 3.05) is 0 Å². The number of pyridine rings is 1. The van der Waals surface area contributed by atoms with Gasteiger partial charge in [0.05, 0.1) is 0 Å². The largest absolute Gasteiger partial charge is 0.345 e. The Bertz CT molecular complexity index is 589. The molecule has 3 rings (SSSR count). The zero-order valence-corrected chi connectivity index (χ0v) is 11.8. The van der Waals surface area contributed by atoms with E-state index in [1.165, 1.54) is 12.8 Å². The molecule has 0 unspecified atom stereocenters. The molecule has 1 saturated carbocycles. The highest BCUT2D eigenvalue weighted by atomic mass is 16.5. The molecule has 1 amide bonds. The fourth-order valence-electron chi connectivity index (χ4n) is 2.59. The van der Waals surface area contributed by atoms with Crippen molar-refractivity contribution in [2.24, 2.45) is 0 Å². The molecule has 0 aromatic carbocycles. The van der Waals surface area contributed by atoms with Crippen LogP contribution in [0.1, 0.15) is 49.2 Å². The summed E-state index contributed by atoms with van der Waals surface area (Å²) in [4.78, 5) is 20.4. The van der Waals surface area contributed by atoms with Crippen molar-refractivity contribution in [3.63, 3.8) is 0 Å². The molecular weight excluding hydrogens is 268 g/mol. The van der Waals surface area contributed by atoms with Gasteiger partial charge in [-0.15, -0.1) is 0 Å². The maximum atomic E-state index is 12.1. The smallest absolute Gasteiger partial charge is 0.316 e. The summed E-state index contributed by atoms with van der Waals surface area (Å²) < 4.78 is 5.04. The van der Waals surface area contributed by atoms with Crippen LogP contribution in [-0.4, -0.2) is 27.1 Å². The first-order valence-electron chi connectivity index (χ1n) is 7.39. The van der Waals surface area contributed by atoms with Gasteiger partial charge in [0.25, 0.3) is 0 Å². The number of carbonyl (C=O) groups excluding carboxylic acids is 1. The normalized spacial score (nSPS) is 16.4. The molecule has 2 aromatic rings. The molecule has 1 fully saturated rings. The van der Waals surface area contributed by atoms with Gasteiger partial charge < -0.3 is 9.84 Å². The lowest BCUT2D eigenvalue weighted by atomic mass is 10.1. The van der Waals surface area contributed by atoms with Crippen LogP contribution >= 0.6 is 0 Å². The number of rotatable bonds is 3. The van der Waals surface area contributed by atoms with Crippen molar-refractivity contribution in [2.45, 2.75) is 44.6 Å². The van der Waals surface area contributed by atoms with Crippen LogP contribution in [0.5, 0.6) is 0 Å². The average Bonchev–Trinajstić information content (AvgIpc) is 2.88. The van der Waals surface area contributed by atoms with Crippen molar-refractivity contribution in [3.05, 3.63) is 30.3 Å². The second kappa shape index (κ2) is 6.47. The summed E-state index contributed by atoms with van der Waals surface area (Å²) >= 11 is 0. The van der Waals surface area contributed by atoms with Crippen LogP contribution < -0.4 is 5.32 Å². The van der Waals surface area contributed by atoms with Crippen LogP contribution in [-0.2, 0) is 0 Å². The molecule has 6 nitrogen and oxygen atoms in total. The van der Waals surface area contributed by atoms with Crippen LogP contribution in [0.4, 0.5) is 0 Å². The molecule has 1 aliphatic carbocycles. The fraction of sp³-hybridized carbons (Fsp3) is 0.467. The minimum Gasteiger partial charge on any atom is -0.345 e. The van der Waals surface area contributed by atoms with Gasteiger partial charge >= 0.3 is 11.8 Å². The maximum absolute atomic E-state index is 12.1. The number of hydrogen-bond acceptors (Lipinski definition) is 5. The summed E-state index contributed by atoms with van der Waals surface area (Å²) in [6, 6.07) is 5.63. The van der Waals surface area contributed by atoms with Crippen molar-refractivity contribution in [1.82, 2.24) is 20.4 Å². The quantitative estimate of drug-likeness (QED) is 0.877. The molecular formula is C15H18N4O2. The number of aromatic nitrogens is 3. The molecule has 2 heterocycles. The molecule has 6 heteroatoms. The summed E-state index contributed by atoms with van der Waals surface area (Å²) in [6.07, 6.45) is 8.51. The number of nitrogens with one attached hydrogen (secondary N) is 1. The Balaban J connectivity index is 1.66. The van der Waals surface area contributed by atoms with E-state index in [4.69, 9.17) is 4.52 Å². The molecule has 0 spiro atoms. The van der Waals surface area contributed by atoms with E-state index in [9.17, 15) is 4.79 Å². The second-order valence-corrected chi connectivity index (χ2v) is 5.30. The average molecular weight is 286 g/mol. The molecule has 0 atom stereocenters. The summed E-state index contributed by atoms with van der Waals surface area (Å²) in [7, 11) is 0. The first-order chi connectivity index (χ1) is 10.3. The van der Waals surface area contributed by atoms with E-state index in [1.807, 2.05) is 12.1 Å². The molecule has 0 saturated heterocycles. The Morgan fingerprint density at radius 2 is 2.00 bits per heavy atom. The Labute approximate surface area is 123 Å². The van der Waals surface area contributed by atoms with E-state index in [1.54, 1.807) is 12.3 Å². The zero-order valence-electron chi connectivity index (χ0n) is 11.8. The van der Waals surface area contributed by atoms with E-state index in [2.05, 4.69) is 20.4 Å². The van der Waals surface area contributed by atoms with Gasteiger partial charge in [-0.2, -0.15) is 4.98 Å². The molecule has 1 N–H and O–H groups in total. The molecule has 110 valence electrons. The van der Waals surface area contributed by atoms with E-state index in [0.29, 0.717) is 11.5 Å². The highest BCUT2D eigenvalue weighted by Crippen LogP contribution is 2.18. The van der Waals surface area contributed by atoms with Crippen molar-refractivity contribution < 1.29 is 9.32 Å². The van der Waals surface area contributed by atoms with Crippen LogP contribution in [0.25, 0.3) is 11.5 Å². The first-order valence-corrected chi connectivity index (χ1v) is 7.39. The molecule has 21 heavy (non-hydrogen) atoms. The molecule has 0 bridgehead atoms. The molecule has 1 aliphatic rings. The predicted octanol–water partition coefficient (Wildman–Crippen LogP) is 2.58. The zero-order chi connectivity index (χ0) is 14.5. The summed E-state index contributed by atoms with van der Waals surface area (Å²) in [5.74, 6) is 0.0399. The highest BCUT2D eigenvalue weighted by Gasteiger charge is 2.20. The van der Waals surface area contributed by atoms with Gasteiger partial charge in [-0.25, -0.2) is 0 Å². The van der Waals surface area contributed by atoms with Crippen molar-refractivity contribution >= 4 is 5.91 Å². The van der Waals surface area contributed by atoms with Gasteiger partial charge in [0.1, 0.15) is 5.69 Å². The first kappa shape index (κ1) is 13.7. The lowest BCUT2D eigenvalue weighted by Gasteiger charge is -2.14. The standard InChI is InChI=1S/C15H18N4O2/c20-14(17-11-7-3-1-2-4-8-11)15-18-13(19-21-15)12-9-5-6-10-16-12/h5-6,9-11H,1-4,7-8H2,(H,17,20). The number of hydrogen-bond donors (Lipinski definition) is 1. The van der Waals surface area contributed by atoms with Gasteiger partial charge in [-0.05, 0) is 25.0 Å². The van der Waals surface area contributed by atoms with E-state index < -0.39 is 0 Å². The number of nitrogens with zero attached hydrogens (tertiary/aromatic N) is 3. The Hall–Kier alpha value is -2.24. The minimum absolute atomic E-state index is 0.0000926. The van der Waals surface area contributed by atoms with E-state index >= 15 is 0 Å². The van der Waals surface area contributed by atoms with E-state index in [-0.39, 0.29) is 17.8 Å². The van der Waals surface area contributed by atoms with Gasteiger partial charge in [0.2, 0.25) is 5.82 Å². The fourth-order valence-corrected chi connectivity index (χ4v) is 2.59. The number of carbonyl (C=O) groups is 1. The SMILES string of the molecule is O=C(NC1CCCCCC1)c1nc(-c2ccccn2)no1. The third kappa shape index (κ3) is 3.45. The highest BCUT2D eigenvalue weighted by molar-refractivity contribution is 5.90. The summed E-state index contributed by atoms with van der Waals surface area (Å²) in [5, 5.41) is 6.79. The van der Waals surface area contributed by atoms with Crippen molar-refractivity contribution in [3.8, 4) is 11.5 Å². The second-order valence-electron chi connectivity index (χ2n) is 5.30. The summed E-state index contributed by atoms with van der Waals surface area (Å²) in [6.45, 7) is 0. The third-order valence-electron chi connectivity index (χ3n) is 3.70. The van der Waals surface area contributed by atoms with Crippen LogP contribution in [0.2, 0.25) is 0 Å². The van der Waals surface area contributed by atoms with Gasteiger partial charge in [0, 0.05) is 12.2 Å².